The van der Waals surface area contributed by atoms with E-state index in [0.29, 0.717) is 33.9 Å². The van der Waals surface area contributed by atoms with Gasteiger partial charge in [-0.2, -0.15) is 0 Å². The zero-order valence-corrected chi connectivity index (χ0v) is 14.9. The Bertz CT molecular complexity index is 975. The number of benzene rings is 1. The Kier molecular flexibility index (Phi) is 3.17. The SMILES string of the molecule is CC1(N)CC2=C(Oc3cc4cc[nH]c(=O)c4cc3Cl)CC3CC2C1C3. The molecule has 4 atom stereocenters. The van der Waals surface area contributed by atoms with E-state index < -0.39 is 0 Å². The zero-order valence-electron chi connectivity index (χ0n) is 14.1. The van der Waals surface area contributed by atoms with E-state index in [1.54, 1.807) is 12.3 Å². The average Bonchev–Trinajstić information content (AvgIpc) is 3.03. The van der Waals surface area contributed by atoms with Crippen molar-refractivity contribution in [1.29, 1.82) is 0 Å². The van der Waals surface area contributed by atoms with Crippen LogP contribution in [0.2, 0.25) is 5.02 Å². The third-order valence-corrected chi connectivity index (χ3v) is 6.71. The molecule has 2 fully saturated rings. The molecule has 5 heteroatoms. The van der Waals surface area contributed by atoms with Crippen LogP contribution in [0.3, 0.4) is 0 Å². The number of ether oxygens (including phenoxy) is 1. The first-order chi connectivity index (χ1) is 11.9. The minimum atomic E-state index is -0.138. The molecule has 1 heterocycles. The van der Waals surface area contributed by atoms with Crippen LogP contribution in [0.5, 0.6) is 5.75 Å². The lowest BCUT2D eigenvalue weighted by Gasteiger charge is -2.28. The van der Waals surface area contributed by atoms with E-state index in [1.807, 2.05) is 12.1 Å². The molecular formula is C20H21ClN2O2. The Balaban J connectivity index is 1.57. The van der Waals surface area contributed by atoms with Gasteiger partial charge in [-0.3, -0.25) is 4.79 Å². The third kappa shape index (κ3) is 2.27. The zero-order chi connectivity index (χ0) is 17.3. The molecule has 0 amide bonds. The van der Waals surface area contributed by atoms with Gasteiger partial charge in [0, 0.05) is 23.5 Å². The molecule has 3 N–H and O–H groups in total. The second-order valence-electron chi connectivity index (χ2n) is 8.16. The average molecular weight is 357 g/mol. The summed E-state index contributed by atoms with van der Waals surface area (Å²) in [5.74, 6) is 3.51. The quantitative estimate of drug-likeness (QED) is 0.855. The van der Waals surface area contributed by atoms with Gasteiger partial charge in [0.2, 0.25) is 0 Å². The maximum Gasteiger partial charge on any atom is 0.255 e. The highest BCUT2D eigenvalue weighted by molar-refractivity contribution is 6.32. The molecule has 3 aliphatic rings. The van der Waals surface area contributed by atoms with Crippen LogP contribution in [-0.2, 0) is 0 Å². The Hall–Kier alpha value is -1.78. The predicted molar refractivity (Wildman–Crippen MR) is 98.8 cm³/mol. The van der Waals surface area contributed by atoms with Gasteiger partial charge in [0.1, 0.15) is 11.5 Å². The van der Waals surface area contributed by atoms with Crippen LogP contribution >= 0.6 is 11.6 Å². The van der Waals surface area contributed by atoms with Gasteiger partial charge in [0.15, 0.2) is 0 Å². The van der Waals surface area contributed by atoms with Crippen LogP contribution in [0.25, 0.3) is 10.8 Å². The second-order valence-corrected chi connectivity index (χ2v) is 8.57. The van der Waals surface area contributed by atoms with Gasteiger partial charge >= 0.3 is 0 Å². The van der Waals surface area contributed by atoms with Crippen LogP contribution in [0.1, 0.15) is 32.6 Å². The van der Waals surface area contributed by atoms with E-state index in [4.69, 9.17) is 22.1 Å². The lowest BCUT2D eigenvalue weighted by molar-refractivity contribution is 0.301. The minimum Gasteiger partial charge on any atom is -0.460 e. The van der Waals surface area contributed by atoms with Gasteiger partial charge in [-0.1, -0.05) is 11.6 Å². The van der Waals surface area contributed by atoms with E-state index in [2.05, 4.69) is 11.9 Å². The molecule has 0 radical (unpaired) electrons. The maximum atomic E-state index is 11.9. The number of nitrogens with one attached hydrogen (secondary N) is 1. The van der Waals surface area contributed by atoms with E-state index in [1.165, 1.54) is 18.4 Å². The number of rotatable bonds is 2. The minimum absolute atomic E-state index is 0.121. The van der Waals surface area contributed by atoms with E-state index >= 15 is 0 Å². The van der Waals surface area contributed by atoms with E-state index in [0.717, 1.165) is 24.0 Å². The van der Waals surface area contributed by atoms with Crippen molar-refractivity contribution < 1.29 is 4.74 Å². The molecule has 4 nitrogen and oxygen atoms in total. The highest BCUT2D eigenvalue weighted by atomic mass is 35.5. The van der Waals surface area contributed by atoms with Crippen molar-refractivity contribution in [2.24, 2.45) is 23.5 Å². The van der Waals surface area contributed by atoms with Crippen LogP contribution in [0.15, 0.2) is 40.5 Å². The Morgan fingerprint density at radius 2 is 2.20 bits per heavy atom. The van der Waals surface area contributed by atoms with Gasteiger partial charge < -0.3 is 15.5 Å². The molecule has 25 heavy (non-hydrogen) atoms. The molecule has 5 rings (SSSR count). The molecule has 0 saturated heterocycles. The molecule has 1 aromatic carbocycles. The number of aromatic amines is 1. The summed E-state index contributed by atoms with van der Waals surface area (Å²) in [5, 5.41) is 1.89. The second kappa shape index (κ2) is 5.12. The number of H-pyrrole nitrogens is 1. The van der Waals surface area contributed by atoms with Gasteiger partial charge in [-0.15, -0.1) is 0 Å². The molecule has 2 bridgehead atoms. The van der Waals surface area contributed by atoms with Crippen LogP contribution in [0, 0.1) is 17.8 Å². The number of halogens is 1. The van der Waals surface area contributed by atoms with E-state index in [-0.39, 0.29) is 11.1 Å². The van der Waals surface area contributed by atoms with Crippen molar-refractivity contribution >= 4 is 22.4 Å². The number of fused-ring (bicyclic) bond motifs is 2. The molecule has 0 aliphatic heterocycles. The molecule has 3 aliphatic carbocycles. The van der Waals surface area contributed by atoms with Gasteiger partial charge in [0.05, 0.1) is 5.02 Å². The van der Waals surface area contributed by atoms with Crippen molar-refractivity contribution in [3.05, 3.63) is 51.1 Å². The monoisotopic (exact) mass is 356 g/mol. The molecule has 1 aromatic heterocycles. The highest BCUT2D eigenvalue weighted by Crippen LogP contribution is 2.59. The number of hydrogen-bond donors (Lipinski definition) is 2. The summed E-state index contributed by atoms with van der Waals surface area (Å²) in [4.78, 5) is 14.6. The Morgan fingerprint density at radius 3 is 3.04 bits per heavy atom. The largest absolute Gasteiger partial charge is 0.460 e. The van der Waals surface area contributed by atoms with Gasteiger partial charge in [0.25, 0.3) is 5.56 Å². The molecule has 2 aromatic rings. The fraction of sp³-hybridized carbons (Fsp3) is 0.450. The van der Waals surface area contributed by atoms with Crippen molar-refractivity contribution in [1.82, 2.24) is 4.98 Å². The maximum absolute atomic E-state index is 11.9. The number of aromatic nitrogens is 1. The Labute approximate surface area is 151 Å². The lowest BCUT2D eigenvalue weighted by Crippen LogP contribution is -2.40. The first-order valence-electron chi connectivity index (χ1n) is 8.92. The summed E-state index contributed by atoms with van der Waals surface area (Å²) in [7, 11) is 0. The highest BCUT2D eigenvalue weighted by Gasteiger charge is 2.54. The summed E-state index contributed by atoms with van der Waals surface area (Å²) in [6, 6.07) is 5.42. The lowest BCUT2D eigenvalue weighted by atomic mass is 9.85. The predicted octanol–water partition coefficient (Wildman–Crippen LogP) is 3.98. The normalized spacial score (nSPS) is 33.3. The molecule has 4 unspecified atom stereocenters. The molecule has 130 valence electrons. The Morgan fingerprint density at radius 1 is 1.36 bits per heavy atom. The topological polar surface area (TPSA) is 68.1 Å². The number of allylic oxidation sites excluding steroid dienone is 1. The van der Waals surface area contributed by atoms with Crippen molar-refractivity contribution in [2.75, 3.05) is 0 Å². The number of hydrogen-bond acceptors (Lipinski definition) is 3. The van der Waals surface area contributed by atoms with Crippen molar-refractivity contribution in [2.45, 2.75) is 38.1 Å². The van der Waals surface area contributed by atoms with Crippen molar-refractivity contribution in [3.63, 3.8) is 0 Å². The summed E-state index contributed by atoms with van der Waals surface area (Å²) >= 11 is 6.42. The fourth-order valence-electron chi connectivity index (χ4n) is 5.30. The smallest absolute Gasteiger partial charge is 0.255 e. The van der Waals surface area contributed by atoms with E-state index in [9.17, 15) is 4.79 Å². The first kappa shape index (κ1) is 15.5. The summed E-state index contributed by atoms with van der Waals surface area (Å²) < 4.78 is 6.32. The molecule has 2 saturated carbocycles. The summed E-state index contributed by atoms with van der Waals surface area (Å²) in [6.07, 6.45) is 5.99. The number of nitrogens with two attached hydrogens (primary N) is 1. The van der Waals surface area contributed by atoms with Crippen molar-refractivity contribution in [3.8, 4) is 5.75 Å². The van der Waals surface area contributed by atoms with Gasteiger partial charge in [-0.05, 0) is 73.1 Å². The van der Waals surface area contributed by atoms with Crippen LogP contribution < -0.4 is 16.0 Å². The van der Waals surface area contributed by atoms with Crippen LogP contribution in [0.4, 0.5) is 0 Å². The van der Waals surface area contributed by atoms with Gasteiger partial charge in [-0.25, -0.2) is 0 Å². The van der Waals surface area contributed by atoms with Crippen LogP contribution in [-0.4, -0.2) is 10.5 Å². The summed E-state index contributed by atoms with van der Waals surface area (Å²) in [6.45, 7) is 2.18. The molecular weight excluding hydrogens is 336 g/mol. The third-order valence-electron chi connectivity index (χ3n) is 6.42. The summed E-state index contributed by atoms with van der Waals surface area (Å²) in [5.41, 5.74) is 7.71. The number of pyridine rings is 1. The first-order valence-corrected chi connectivity index (χ1v) is 9.30. The molecule has 0 spiro atoms. The standard InChI is InChI=1S/C20H21ClN2O2/c1-20(22)9-14-13-4-10(5-15(13)20)6-17(14)25-18-7-11-2-3-23-19(24)12(11)8-16(18)21/h2-3,7-8,10,13,15H,4-6,9,22H2,1H3,(H,23,24). The fourth-order valence-corrected chi connectivity index (χ4v) is 5.50.